The van der Waals surface area contributed by atoms with Crippen LogP contribution in [0.1, 0.15) is 11.1 Å². The van der Waals surface area contributed by atoms with Gasteiger partial charge in [0.15, 0.2) is 23.8 Å². The first-order chi connectivity index (χ1) is 11.7. The van der Waals surface area contributed by atoms with Crippen LogP contribution in [-0.2, 0) is 31.9 Å². The average Bonchev–Trinajstić information content (AvgIpc) is 3.55. The van der Waals surface area contributed by atoms with Gasteiger partial charge in [-0.15, -0.1) is 0 Å². The molecule has 0 bridgehead atoms. The van der Waals surface area contributed by atoms with Crippen LogP contribution in [0.3, 0.4) is 0 Å². The zero-order chi connectivity index (χ0) is 16.9. The molecule has 4 rings (SSSR count). The normalized spacial score (nSPS) is 25.6. The molecule has 2 aliphatic rings. The molecule has 2 atom stereocenters. The highest BCUT2D eigenvalue weighted by molar-refractivity contribution is 5.67. The highest BCUT2D eigenvalue weighted by Crippen LogP contribution is 2.29. The molecule has 0 aliphatic carbocycles. The Bertz CT molecular complexity index is 614. The standard InChI is InChI=1S/2C10H10O2.H2O/c2*11-7-10(8-12-10)6-9-4-2-1-3-5-9;/h2*1-5,7H,6,8H2;1H2. The molecule has 2 N–H and O–H groups in total. The monoisotopic (exact) mass is 342 g/mol. The van der Waals surface area contributed by atoms with Crippen molar-refractivity contribution in [3.05, 3.63) is 71.8 Å². The van der Waals surface area contributed by atoms with Gasteiger partial charge in [0.05, 0.1) is 13.2 Å². The molecule has 0 spiro atoms. The van der Waals surface area contributed by atoms with Crippen molar-refractivity contribution in [1.82, 2.24) is 0 Å². The first-order valence-corrected chi connectivity index (χ1v) is 7.98. The molecule has 2 fully saturated rings. The maximum Gasteiger partial charge on any atom is 0.154 e. The van der Waals surface area contributed by atoms with E-state index in [0.29, 0.717) is 26.1 Å². The lowest BCUT2D eigenvalue weighted by atomic mass is 10.0. The Morgan fingerprint density at radius 2 is 1.04 bits per heavy atom. The quantitative estimate of drug-likeness (QED) is 0.588. The second-order valence-corrected chi connectivity index (χ2v) is 6.27. The van der Waals surface area contributed by atoms with E-state index in [9.17, 15) is 9.59 Å². The van der Waals surface area contributed by atoms with Crippen molar-refractivity contribution < 1.29 is 24.5 Å². The second-order valence-electron chi connectivity index (χ2n) is 6.27. The number of carbonyl (C=O) groups excluding carboxylic acids is 2. The molecule has 0 aromatic heterocycles. The lowest BCUT2D eigenvalue weighted by Crippen LogP contribution is -2.16. The highest BCUT2D eigenvalue weighted by atomic mass is 16.6. The number of aldehydes is 2. The Labute approximate surface area is 146 Å². The van der Waals surface area contributed by atoms with Gasteiger partial charge >= 0.3 is 0 Å². The minimum absolute atomic E-state index is 0. The molecule has 0 saturated carbocycles. The Morgan fingerprint density at radius 1 is 0.720 bits per heavy atom. The van der Waals surface area contributed by atoms with Crippen molar-refractivity contribution in [2.24, 2.45) is 0 Å². The molecule has 2 saturated heterocycles. The van der Waals surface area contributed by atoms with Crippen LogP contribution in [0, 0.1) is 0 Å². The summed E-state index contributed by atoms with van der Waals surface area (Å²) >= 11 is 0. The zero-order valence-corrected chi connectivity index (χ0v) is 13.9. The van der Waals surface area contributed by atoms with Gasteiger partial charge in [0.25, 0.3) is 0 Å². The van der Waals surface area contributed by atoms with Crippen molar-refractivity contribution in [1.29, 1.82) is 0 Å². The summed E-state index contributed by atoms with van der Waals surface area (Å²) in [6.45, 7) is 1.15. The first kappa shape index (κ1) is 19.0. The van der Waals surface area contributed by atoms with Crippen molar-refractivity contribution in [2.75, 3.05) is 13.2 Å². The first-order valence-electron chi connectivity index (χ1n) is 7.98. The van der Waals surface area contributed by atoms with E-state index in [4.69, 9.17) is 9.47 Å². The van der Waals surface area contributed by atoms with Crippen LogP contribution in [0.25, 0.3) is 0 Å². The lowest BCUT2D eigenvalue weighted by molar-refractivity contribution is -0.112. The number of rotatable bonds is 6. The summed E-state index contributed by atoms with van der Waals surface area (Å²) in [6, 6.07) is 19.8. The topological polar surface area (TPSA) is 90.7 Å². The van der Waals surface area contributed by atoms with Gasteiger partial charge in [-0.1, -0.05) is 60.7 Å². The summed E-state index contributed by atoms with van der Waals surface area (Å²) in [4.78, 5) is 21.1. The summed E-state index contributed by atoms with van der Waals surface area (Å²) in [5, 5.41) is 0. The van der Waals surface area contributed by atoms with E-state index in [1.165, 1.54) is 0 Å². The molecule has 2 heterocycles. The smallest absolute Gasteiger partial charge is 0.154 e. The Morgan fingerprint density at radius 3 is 1.28 bits per heavy atom. The fourth-order valence-electron chi connectivity index (χ4n) is 2.49. The van der Waals surface area contributed by atoms with Gasteiger partial charge in [0.2, 0.25) is 0 Å². The van der Waals surface area contributed by atoms with Crippen molar-refractivity contribution in [3.63, 3.8) is 0 Å². The molecular formula is C20H22O5. The molecule has 0 radical (unpaired) electrons. The maximum atomic E-state index is 10.6. The number of benzene rings is 2. The summed E-state index contributed by atoms with van der Waals surface area (Å²) in [5.41, 5.74) is 1.34. The van der Waals surface area contributed by atoms with Crippen molar-refractivity contribution in [2.45, 2.75) is 24.0 Å². The SMILES string of the molecule is O.O=CC1(Cc2ccccc2)CO1.O=CC1(Cc2ccccc2)CO1. The molecule has 25 heavy (non-hydrogen) atoms. The molecule has 132 valence electrons. The van der Waals surface area contributed by atoms with Crippen molar-refractivity contribution in [3.8, 4) is 0 Å². The van der Waals surface area contributed by atoms with Gasteiger partial charge in [-0.2, -0.15) is 0 Å². The Balaban J connectivity index is 0.000000173. The van der Waals surface area contributed by atoms with E-state index in [1.807, 2.05) is 60.7 Å². The minimum Gasteiger partial charge on any atom is -0.412 e. The van der Waals surface area contributed by atoms with Gasteiger partial charge in [-0.3, -0.25) is 0 Å². The molecule has 2 aliphatic heterocycles. The van der Waals surface area contributed by atoms with Crippen LogP contribution >= 0.6 is 0 Å². The molecule has 2 aromatic rings. The highest BCUT2D eigenvalue weighted by Gasteiger charge is 2.45. The molecule has 0 amide bonds. The predicted octanol–water partition coefficient (Wildman–Crippen LogP) is 1.57. The number of hydrogen-bond donors (Lipinski definition) is 0. The van der Waals surface area contributed by atoms with E-state index < -0.39 is 11.2 Å². The summed E-state index contributed by atoms with van der Waals surface area (Å²) in [7, 11) is 0. The van der Waals surface area contributed by atoms with E-state index in [1.54, 1.807) is 0 Å². The Hall–Kier alpha value is -2.34. The third kappa shape index (κ3) is 5.32. The second kappa shape index (κ2) is 8.16. The number of hydrogen-bond acceptors (Lipinski definition) is 4. The van der Waals surface area contributed by atoms with Crippen LogP contribution in [0.5, 0.6) is 0 Å². The summed E-state index contributed by atoms with van der Waals surface area (Å²) in [6.07, 6.45) is 3.22. The van der Waals surface area contributed by atoms with Crippen LogP contribution in [0.4, 0.5) is 0 Å². The molecule has 2 unspecified atom stereocenters. The lowest BCUT2D eigenvalue weighted by Gasteiger charge is -2.02. The van der Waals surface area contributed by atoms with Gasteiger partial charge in [-0.25, -0.2) is 0 Å². The summed E-state index contributed by atoms with van der Waals surface area (Å²) < 4.78 is 10.2. The van der Waals surface area contributed by atoms with E-state index in [0.717, 1.165) is 23.7 Å². The molecule has 5 heteroatoms. The zero-order valence-electron chi connectivity index (χ0n) is 13.9. The largest absolute Gasteiger partial charge is 0.412 e. The third-order valence-electron chi connectivity index (χ3n) is 4.15. The van der Waals surface area contributed by atoms with Crippen LogP contribution < -0.4 is 0 Å². The van der Waals surface area contributed by atoms with Crippen LogP contribution in [0.2, 0.25) is 0 Å². The maximum absolute atomic E-state index is 10.6. The Kier molecular flexibility index (Phi) is 6.20. The van der Waals surface area contributed by atoms with Gasteiger partial charge in [0, 0.05) is 12.8 Å². The van der Waals surface area contributed by atoms with Crippen molar-refractivity contribution >= 4 is 12.6 Å². The molecule has 5 nitrogen and oxygen atoms in total. The van der Waals surface area contributed by atoms with Gasteiger partial charge in [0.1, 0.15) is 0 Å². The van der Waals surface area contributed by atoms with E-state index in [2.05, 4.69) is 0 Å². The average molecular weight is 342 g/mol. The number of carbonyl (C=O) groups is 2. The summed E-state index contributed by atoms with van der Waals surface area (Å²) in [5.74, 6) is 0. The molecular weight excluding hydrogens is 320 g/mol. The molecule has 2 aromatic carbocycles. The minimum atomic E-state index is -0.485. The van der Waals surface area contributed by atoms with Crippen LogP contribution in [0.15, 0.2) is 60.7 Å². The van der Waals surface area contributed by atoms with Gasteiger partial charge in [-0.05, 0) is 11.1 Å². The number of epoxide rings is 2. The fraction of sp³-hybridized carbons (Fsp3) is 0.300. The van der Waals surface area contributed by atoms with Gasteiger partial charge < -0.3 is 24.5 Å². The fourth-order valence-corrected chi connectivity index (χ4v) is 2.49. The third-order valence-corrected chi connectivity index (χ3v) is 4.15. The number of ether oxygens (including phenoxy) is 2. The van der Waals surface area contributed by atoms with E-state index >= 15 is 0 Å². The van der Waals surface area contributed by atoms with Crippen LogP contribution in [-0.4, -0.2) is 42.5 Å². The predicted molar refractivity (Wildman–Crippen MR) is 93.4 cm³/mol. The van der Waals surface area contributed by atoms with E-state index in [-0.39, 0.29) is 5.48 Å².